The molecule has 0 bridgehead atoms. The molecule has 140 valence electrons. The van der Waals surface area contributed by atoms with E-state index in [-0.39, 0.29) is 29.9 Å². The van der Waals surface area contributed by atoms with Gasteiger partial charge in [-0.1, -0.05) is 19.3 Å². The van der Waals surface area contributed by atoms with Gasteiger partial charge in [-0.2, -0.15) is 11.8 Å². The molecule has 1 amide bonds. The molecule has 3 N–H and O–H groups in total. The maximum Gasteiger partial charge on any atom is 0.221 e. The van der Waals surface area contributed by atoms with Crippen LogP contribution in [0, 0.1) is 0 Å². The van der Waals surface area contributed by atoms with Crippen molar-refractivity contribution in [2.24, 2.45) is 4.99 Å². The average molecular weight is 468 g/mol. The van der Waals surface area contributed by atoms with Gasteiger partial charge in [-0.05, 0) is 38.4 Å². The monoisotopic (exact) mass is 468 g/mol. The van der Waals surface area contributed by atoms with Gasteiger partial charge in [-0.3, -0.25) is 9.79 Å². The van der Waals surface area contributed by atoms with E-state index in [1.807, 2.05) is 11.8 Å². The summed E-state index contributed by atoms with van der Waals surface area (Å²) >= 11 is 2.04. The second-order valence-electron chi connectivity index (χ2n) is 6.91. The first-order chi connectivity index (χ1) is 11.1. The molecule has 1 saturated heterocycles. The van der Waals surface area contributed by atoms with E-state index in [0.717, 1.165) is 25.3 Å². The fourth-order valence-corrected chi connectivity index (χ4v) is 4.55. The second kappa shape index (κ2) is 11.4. The summed E-state index contributed by atoms with van der Waals surface area (Å²) < 4.78 is 0.315. The summed E-state index contributed by atoms with van der Waals surface area (Å²) in [6.45, 7) is 3.86. The van der Waals surface area contributed by atoms with Crippen LogP contribution in [0.15, 0.2) is 4.99 Å². The molecule has 2 aliphatic rings. The topological polar surface area (TPSA) is 65.5 Å². The van der Waals surface area contributed by atoms with Gasteiger partial charge in [-0.25, -0.2) is 0 Å². The molecule has 24 heavy (non-hydrogen) atoms. The Morgan fingerprint density at radius 2 is 1.96 bits per heavy atom. The lowest BCUT2D eigenvalue weighted by atomic mass is 9.95. The molecule has 0 spiro atoms. The van der Waals surface area contributed by atoms with E-state index in [1.165, 1.54) is 37.9 Å². The summed E-state index contributed by atoms with van der Waals surface area (Å²) in [6.07, 6.45) is 9.14. The number of hydrogen-bond acceptors (Lipinski definition) is 3. The molecule has 7 heteroatoms. The van der Waals surface area contributed by atoms with Crippen LogP contribution in [0.4, 0.5) is 0 Å². The minimum Gasteiger partial charge on any atom is -0.356 e. The number of hydrogen-bond donors (Lipinski definition) is 3. The lowest BCUT2D eigenvalue weighted by Crippen LogP contribution is -2.45. The zero-order chi connectivity index (χ0) is 16.5. The first-order valence-electron chi connectivity index (χ1n) is 8.99. The van der Waals surface area contributed by atoms with Gasteiger partial charge in [0.05, 0.1) is 0 Å². The van der Waals surface area contributed by atoms with Gasteiger partial charge < -0.3 is 16.0 Å². The van der Waals surface area contributed by atoms with Crippen LogP contribution >= 0.6 is 35.7 Å². The van der Waals surface area contributed by atoms with Crippen molar-refractivity contribution in [3.63, 3.8) is 0 Å². The number of carbonyl (C=O) groups excluding carboxylic acids is 1. The van der Waals surface area contributed by atoms with Gasteiger partial charge in [0, 0.05) is 37.3 Å². The SMILES string of the molecule is CN=C(NCCC(=O)NC1CCCCC1)NCC1(C)CCCS1.I. The minimum atomic E-state index is 0. The van der Waals surface area contributed by atoms with E-state index >= 15 is 0 Å². The summed E-state index contributed by atoms with van der Waals surface area (Å²) in [7, 11) is 1.78. The molecule has 1 heterocycles. The molecule has 1 aliphatic heterocycles. The lowest BCUT2D eigenvalue weighted by Gasteiger charge is -2.24. The predicted octanol–water partition coefficient (Wildman–Crippen LogP) is 2.89. The number of carbonyl (C=O) groups is 1. The largest absolute Gasteiger partial charge is 0.356 e. The van der Waals surface area contributed by atoms with Crippen molar-refractivity contribution in [3.8, 4) is 0 Å². The van der Waals surface area contributed by atoms with Crippen molar-refractivity contribution < 1.29 is 4.79 Å². The molecule has 2 rings (SSSR count). The van der Waals surface area contributed by atoms with Crippen molar-refractivity contribution in [1.82, 2.24) is 16.0 Å². The first kappa shape index (κ1) is 21.9. The van der Waals surface area contributed by atoms with E-state index in [1.54, 1.807) is 7.05 Å². The van der Waals surface area contributed by atoms with Crippen LogP contribution in [0.3, 0.4) is 0 Å². The third-order valence-corrected chi connectivity index (χ3v) is 6.31. The quantitative estimate of drug-likeness (QED) is 0.319. The molecular formula is C17H33IN4OS. The molecule has 0 aromatic heterocycles. The third-order valence-electron chi connectivity index (χ3n) is 4.77. The summed E-state index contributed by atoms with van der Waals surface area (Å²) in [5, 5.41) is 9.79. The normalized spacial score (nSPS) is 25.0. The first-order valence-corrected chi connectivity index (χ1v) is 9.98. The number of rotatable bonds is 6. The Labute approximate surface area is 168 Å². The average Bonchev–Trinajstić information content (AvgIpc) is 2.98. The summed E-state index contributed by atoms with van der Waals surface area (Å²) in [5.41, 5.74) is 0. The second-order valence-corrected chi connectivity index (χ2v) is 8.59. The lowest BCUT2D eigenvalue weighted by molar-refractivity contribution is -0.121. The van der Waals surface area contributed by atoms with Crippen molar-refractivity contribution >= 4 is 47.6 Å². The number of nitrogens with zero attached hydrogens (tertiary/aromatic N) is 1. The van der Waals surface area contributed by atoms with Gasteiger partial charge in [0.2, 0.25) is 5.91 Å². The minimum absolute atomic E-state index is 0. The highest BCUT2D eigenvalue weighted by atomic mass is 127. The Morgan fingerprint density at radius 1 is 1.21 bits per heavy atom. The van der Waals surface area contributed by atoms with Gasteiger partial charge in [0.15, 0.2) is 5.96 Å². The fraction of sp³-hybridized carbons (Fsp3) is 0.882. The van der Waals surface area contributed by atoms with Crippen molar-refractivity contribution in [1.29, 1.82) is 0 Å². The van der Waals surface area contributed by atoms with E-state index < -0.39 is 0 Å². The molecule has 1 unspecified atom stereocenters. The summed E-state index contributed by atoms with van der Waals surface area (Å²) in [5.74, 6) is 2.20. The molecule has 1 atom stereocenters. The Morgan fingerprint density at radius 3 is 2.58 bits per heavy atom. The summed E-state index contributed by atoms with van der Waals surface area (Å²) in [4.78, 5) is 16.2. The number of nitrogens with one attached hydrogen (secondary N) is 3. The van der Waals surface area contributed by atoms with Gasteiger partial charge in [0.25, 0.3) is 0 Å². The Hall–Kier alpha value is -0.180. The number of halogens is 1. The molecule has 5 nitrogen and oxygen atoms in total. The van der Waals surface area contributed by atoms with Crippen LogP contribution in [-0.4, -0.2) is 48.5 Å². The molecule has 0 aromatic carbocycles. The molecule has 1 aliphatic carbocycles. The molecule has 0 aromatic rings. The maximum atomic E-state index is 12.0. The predicted molar refractivity (Wildman–Crippen MR) is 115 cm³/mol. The van der Waals surface area contributed by atoms with Crippen LogP contribution in [0.25, 0.3) is 0 Å². The highest BCUT2D eigenvalue weighted by Crippen LogP contribution is 2.36. The highest BCUT2D eigenvalue weighted by molar-refractivity contribution is 14.0. The van der Waals surface area contributed by atoms with Crippen molar-refractivity contribution in [2.75, 3.05) is 25.9 Å². The number of amides is 1. The molecule has 0 radical (unpaired) electrons. The highest BCUT2D eigenvalue weighted by Gasteiger charge is 2.29. The van der Waals surface area contributed by atoms with Gasteiger partial charge >= 0.3 is 0 Å². The van der Waals surface area contributed by atoms with E-state index in [2.05, 4.69) is 27.9 Å². The Bertz CT molecular complexity index is 407. The van der Waals surface area contributed by atoms with E-state index in [9.17, 15) is 4.79 Å². The molecular weight excluding hydrogens is 435 g/mol. The number of thioether (sulfide) groups is 1. The molecule has 1 saturated carbocycles. The Kier molecular flexibility index (Phi) is 10.4. The van der Waals surface area contributed by atoms with Gasteiger partial charge in [0.1, 0.15) is 0 Å². The Balaban J connectivity index is 0.00000288. The molecule has 2 fully saturated rings. The fourth-order valence-electron chi connectivity index (χ4n) is 3.31. The smallest absolute Gasteiger partial charge is 0.221 e. The van der Waals surface area contributed by atoms with Crippen LogP contribution in [-0.2, 0) is 4.79 Å². The third kappa shape index (κ3) is 7.80. The van der Waals surface area contributed by atoms with E-state index in [4.69, 9.17) is 0 Å². The zero-order valence-electron chi connectivity index (χ0n) is 15.0. The van der Waals surface area contributed by atoms with Crippen molar-refractivity contribution in [3.05, 3.63) is 0 Å². The van der Waals surface area contributed by atoms with Crippen LogP contribution in [0.2, 0.25) is 0 Å². The number of guanidine groups is 1. The van der Waals surface area contributed by atoms with Crippen LogP contribution in [0.1, 0.15) is 58.3 Å². The van der Waals surface area contributed by atoms with Crippen LogP contribution in [0.5, 0.6) is 0 Å². The zero-order valence-corrected chi connectivity index (χ0v) is 18.2. The maximum absolute atomic E-state index is 12.0. The number of aliphatic imine (C=N–C) groups is 1. The van der Waals surface area contributed by atoms with Gasteiger partial charge in [-0.15, -0.1) is 24.0 Å². The van der Waals surface area contributed by atoms with Crippen molar-refractivity contribution in [2.45, 2.75) is 69.1 Å². The summed E-state index contributed by atoms with van der Waals surface area (Å²) in [6, 6.07) is 0.396. The van der Waals surface area contributed by atoms with E-state index in [0.29, 0.717) is 23.8 Å². The standard InChI is InChI=1S/C17H32N4OS.HI/c1-17(10-6-12-23-17)13-20-16(18-2)19-11-9-15(22)21-14-7-4-3-5-8-14;/h14H,3-13H2,1-2H3,(H,21,22)(H2,18,19,20);1H. The van der Waals surface area contributed by atoms with Crippen LogP contribution < -0.4 is 16.0 Å².